The van der Waals surface area contributed by atoms with Crippen molar-refractivity contribution in [1.82, 2.24) is 5.32 Å². The highest BCUT2D eigenvalue weighted by molar-refractivity contribution is 7.47. The molecule has 9 heteroatoms. The summed E-state index contributed by atoms with van der Waals surface area (Å²) in [6.07, 6.45) is 69.3. The van der Waals surface area contributed by atoms with Crippen molar-refractivity contribution in [2.75, 3.05) is 40.9 Å². The third-order valence-electron chi connectivity index (χ3n) is 13.5. The molecule has 0 bridgehead atoms. The van der Waals surface area contributed by atoms with Crippen LogP contribution in [0.15, 0.2) is 48.6 Å². The van der Waals surface area contributed by atoms with Crippen LogP contribution in [0.3, 0.4) is 0 Å². The number of likely N-dealkylation sites (N-methyl/N-ethyl adjacent to an activating group) is 1. The average Bonchev–Trinajstić information content (AvgIpc) is 3.32. The molecule has 0 radical (unpaired) electrons. The Labute approximate surface area is 435 Å². The number of nitrogens with zero attached hydrogens (tertiary/aromatic N) is 1. The number of carbonyl (C=O) groups is 1. The molecule has 0 spiro atoms. The summed E-state index contributed by atoms with van der Waals surface area (Å²) in [4.78, 5) is 23.3. The van der Waals surface area contributed by atoms with Crippen molar-refractivity contribution in [3.05, 3.63) is 48.6 Å². The van der Waals surface area contributed by atoms with Crippen molar-refractivity contribution in [3.8, 4) is 0 Å². The van der Waals surface area contributed by atoms with Gasteiger partial charge in [0.15, 0.2) is 0 Å². The van der Waals surface area contributed by atoms with E-state index in [1.807, 2.05) is 27.2 Å². The Hall–Kier alpha value is -1.54. The number of nitrogens with one attached hydrogen (secondary N) is 1. The molecule has 0 rings (SSSR count). The molecule has 412 valence electrons. The lowest BCUT2D eigenvalue weighted by Gasteiger charge is -2.25. The van der Waals surface area contributed by atoms with Crippen LogP contribution in [0.25, 0.3) is 0 Å². The van der Waals surface area contributed by atoms with E-state index < -0.39 is 20.0 Å². The van der Waals surface area contributed by atoms with Gasteiger partial charge in [-0.05, 0) is 57.8 Å². The molecule has 3 N–H and O–H groups in total. The van der Waals surface area contributed by atoms with Crippen molar-refractivity contribution in [2.45, 2.75) is 296 Å². The van der Waals surface area contributed by atoms with Crippen LogP contribution in [0.1, 0.15) is 284 Å². The van der Waals surface area contributed by atoms with Crippen LogP contribution in [-0.2, 0) is 18.4 Å². The number of aliphatic hydroxyl groups is 1. The normalized spacial score (nSPS) is 14.2. The van der Waals surface area contributed by atoms with E-state index >= 15 is 0 Å². The van der Waals surface area contributed by atoms with Gasteiger partial charge >= 0.3 is 7.82 Å². The number of amides is 1. The molecule has 0 fully saturated rings. The lowest BCUT2D eigenvalue weighted by atomic mass is 10.0. The van der Waals surface area contributed by atoms with Crippen molar-refractivity contribution in [3.63, 3.8) is 0 Å². The summed E-state index contributed by atoms with van der Waals surface area (Å²) in [6, 6.07) is -0.853. The van der Waals surface area contributed by atoms with E-state index in [0.29, 0.717) is 17.4 Å². The predicted molar refractivity (Wildman–Crippen MR) is 304 cm³/mol. The molecule has 0 aliphatic carbocycles. The second kappa shape index (κ2) is 52.3. The summed E-state index contributed by atoms with van der Waals surface area (Å²) < 4.78 is 23.7. The van der Waals surface area contributed by atoms with Gasteiger partial charge in [0.2, 0.25) is 5.91 Å². The zero-order valence-corrected chi connectivity index (χ0v) is 47.9. The second-order valence-electron chi connectivity index (χ2n) is 21.7. The van der Waals surface area contributed by atoms with Gasteiger partial charge in [0, 0.05) is 6.42 Å². The topological polar surface area (TPSA) is 105 Å². The standard InChI is InChI=1S/C61H117N2O6P/c1-6-8-10-12-14-16-18-20-22-24-26-28-30-31-33-34-36-38-40-42-44-46-48-50-52-54-60(64)59(58-69-70(66,67)68-57-56-63(3,4)5)62-61(65)55-53-51-49-47-45-43-41-39-37-35-32-29-27-25-23-21-19-17-15-13-11-9-7-2/h19,21,25,27,32,35,52,54,59-60,64H,6-18,20,22-24,26,28-31,33-34,36-51,53,55-58H2,1-5H3,(H-,62,65,66,67)/p+1/b21-19-,27-25-,35-32-,54-52+. The Morgan fingerprint density at radius 1 is 0.486 bits per heavy atom. The first-order valence-electron chi connectivity index (χ1n) is 30.0. The fourth-order valence-corrected chi connectivity index (χ4v) is 9.55. The summed E-state index contributed by atoms with van der Waals surface area (Å²) in [6.45, 7) is 4.83. The average molecular weight is 1010 g/mol. The lowest BCUT2D eigenvalue weighted by molar-refractivity contribution is -0.870. The highest BCUT2D eigenvalue weighted by Crippen LogP contribution is 2.43. The molecule has 70 heavy (non-hydrogen) atoms. The summed E-state index contributed by atoms with van der Waals surface area (Å²) in [7, 11) is 1.57. The van der Waals surface area contributed by atoms with Gasteiger partial charge < -0.3 is 19.8 Å². The van der Waals surface area contributed by atoms with Gasteiger partial charge in [-0.2, -0.15) is 0 Å². The fourth-order valence-electron chi connectivity index (χ4n) is 8.82. The van der Waals surface area contributed by atoms with Crippen LogP contribution < -0.4 is 5.32 Å². The van der Waals surface area contributed by atoms with E-state index in [-0.39, 0.29) is 19.1 Å². The predicted octanol–water partition coefficient (Wildman–Crippen LogP) is 18.3. The Balaban J connectivity index is 4.21. The van der Waals surface area contributed by atoms with Gasteiger partial charge in [-0.25, -0.2) is 4.57 Å². The van der Waals surface area contributed by atoms with Gasteiger partial charge in [0.25, 0.3) is 0 Å². The largest absolute Gasteiger partial charge is 0.472 e. The Kier molecular flexibility index (Phi) is 51.2. The molecule has 0 aromatic heterocycles. The van der Waals surface area contributed by atoms with Crippen molar-refractivity contribution >= 4 is 13.7 Å². The number of aliphatic hydroxyl groups excluding tert-OH is 1. The number of phosphoric ester groups is 1. The number of hydrogen-bond acceptors (Lipinski definition) is 5. The maximum absolute atomic E-state index is 13.0. The quantitative estimate of drug-likeness (QED) is 0.0243. The Morgan fingerprint density at radius 2 is 0.814 bits per heavy atom. The fraction of sp³-hybridized carbons (Fsp3) is 0.852. The molecule has 0 saturated carbocycles. The summed E-state index contributed by atoms with van der Waals surface area (Å²) in [5, 5.41) is 14.0. The van der Waals surface area contributed by atoms with Crippen LogP contribution in [-0.4, -0.2) is 73.4 Å². The SMILES string of the molecule is CCCCCCC/C=C\C/C=C\C/C=C\CCCCCCCCCCC(=O)NC(COP(=O)(O)OCC[N+](C)(C)C)C(O)/C=C/CCCCCCCCCCCCCCCCCCCCCCCCC. The third-order valence-corrected chi connectivity index (χ3v) is 14.5. The highest BCUT2D eigenvalue weighted by Gasteiger charge is 2.27. The molecule has 1 amide bonds. The number of rotatable bonds is 55. The summed E-state index contributed by atoms with van der Waals surface area (Å²) in [5.41, 5.74) is 0. The van der Waals surface area contributed by atoms with Crippen molar-refractivity contribution < 1.29 is 32.9 Å². The molecule has 3 atom stereocenters. The monoisotopic (exact) mass is 1010 g/mol. The first-order valence-corrected chi connectivity index (χ1v) is 31.5. The van der Waals surface area contributed by atoms with Crippen molar-refractivity contribution in [2.24, 2.45) is 0 Å². The number of phosphoric acid groups is 1. The number of unbranched alkanes of at least 4 members (excludes halogenated alkanes) is 36. The minimum absolute atomic E-state index is 0.0592. The number of carbonyl (C=O) groups excluding carboxylic acids is 1. The zero-order valence-electron chi connectivity index (χ0n) is 47.0. The van der Waals surface area contributed by atoms with Gasteiger partial charge in [-0.15, -0.1) is 0 Å². The molecule has 0 aromatic carbocycles. The molecule has 0 saturated heterocycles. The van der Waals surface area contributed by atoms with Crippen LogP contribution >= 0.6 is 7.82 Å². The maximum atomic E-state index is 13.0. The van der Waals surface area contributed by atoms with Crippen LogP contribution in [0.2, 0.25) is 0 Å². The van der Waals surface area contributed by atoms with E-state index in [0.717, 1.165) is 57.8 Å². The molecule has 0 heterocycles. The van der Waals surface area contributed by atoms with E-state index in [2.05, 4.69) is 55.6 Å². The van der Waals surface area contributed by atoms with Crippen LogP contribution in [0, 0.1) is 0 Å². The van der Waals surface area contributed by atoms with E-state index in [1.54, 1.807) is 6.08 Å². The highest BCUT2D eigenvalue weighted by atomic mass is 31.2. The van der Waals surface area contributed by atoms with Gasteiger partial charge in [-0.1, -0.05) is 268 Å². The first-order chi connectivity index (χ1) is 34.0. The lowest BCUT2D eigenvalue weighted by Crippen LogP contribution is -2.45. The van der Waals surface area contributed by atoms with E-state index in [9.17, 15) is 19.4 Å². The molecule has 8 nitrogen and oxygen atoms in total. The molecular formula is C61H118N2O6P+. The van der Waals surface area contributed by atoms with E-state index in [1.165, 1.54) is 205 Å². The summed E-state index contributed by atoms with van der Waals surface area (Å²) >= 11 is 0. The van der Waals surface area contributed by atoms with Crippen molar-refractivity contribution in [1.29, 1.82) is 0 Å². The minimum atomic E-state index is -4.35. The summed E-state index contributed by atoms with van der Waals surface area (Å²) in [5.74, 6) is -0.182. The van der Waals surface area contributed by atoms with Crippen LogP contribution in [0.5, 0.6) is 0 Å². The Morgan fingerprint density at radius 3 is 1.19 bits per heavy atom. The zero-order chi connectivity index (χ0) is 51.3. The first kappa shape index (κ1) is 68.5. The molecular weight excluding hydrogens is 888 g/mol. The number of quaternary nitrogens is 1. The molecule has 0 aliphatic rings. The molecule has 0 aliphatic heterocycles. The van der Waals surface area contributed by atoms with Gasteiger partial charge in [0.05, 0.1) is 39.9 Å². The number of hydrogen-bond donors (Lipinski definition) is 3. The number of allylic oxidation sites excluding steroid dienone is 7. The van der Waals surface area contributed by atoms with E-state index in [4.69, 9.17) is 9.05 Å². The third kappa shape index (κ3) is 54.2. The smallest absolute Gasteiger partial charge is 0.387 e. The molecule has 0 aromatic rings. The molecule has 3 unspecified atom stereocenters. The van der Waals surface area contributed by atoms with Gasteiger partial charge in [0.1, 0.15) is 13.2 Å². The Bertz CT molecular complexity index is 1280. The van der Waals surface area contributed by atoms with Gasteiger partial charge in [-0.3, -0.25) is 13.8 Å². The maximum Gasteiger partial charge on any atom is 0.472 e. The minimum Gasteiger partial charge on any atom is -0.387 e. The van der Waals surface area contributed by atoms with Crippen LogP contribution in [0.4, 0.5) is 0 Å². The second-order valence-corrected chi connectivity index (χ2v) is 23.2.